The molecule has 0 radical (unpaired) electrons. The van der Waals surface area contributed by atoms with E-state index in [1.807, 2.05) is 36.4 Å². The normalized spacial score (nSPS) is 11.1. The topological polar surface area (TPSA) is 74.3 Å². The Kier molecular flexibility index (Phi) is 5.06. The number of hydrogen-bond donors (Lipinski definition) is 0. The van der Waals surface area contributed by atoms with Crippen molar-refractivity contribution < 1.29 is 13.9 Å². The van der Waals surface area contributed by atoms with Gasteiger partial charge in [0.15, 0.2) is 5.16 Å². The summed E-state index contributed by atoms with van der Waals surface area (Å²) in [7, 11) is 3.01. The first-order valence-electron chi connectivity index (χ1n) is 8.42. The van der Waals surface area contributed by atoms with Crippen LogP contribution in [0.4, 0.5) is 0 Å². The van der Waals surface area contributed by atoms with Gasteiger partial charge in [-0.1, -0.05) is 42.1 Å². The molecule has 0 aliphatic carbocycles. The van der Waals surface area contributed by atoms with Crippen molar-refractivity contribution in [2.75, 3.05) is 7.11 Å². The van der Waals surface area contributed by atoms with Crippen LogP contribution in [-0.2, 0) is 17.5 Å². The summed E-state index contributed by atoms with van der Waals surface area (Å²) in [5, 5.41) is 0.589. The number of thioether (sulfide) groups is 1. The van der Waals surface area contributed by atoms with E-state index in [1.54, 1.807) is 23.7 Å². The number of esters is 1. The third-order valence-corrected chi connectivity index (χ3v) is 6.38. The lowest BCUT2D eigenvalue weighted by atomic mass is 10.2. The molecule has 0 N–H and O–H groups in total. The fourth-order valence-electron chi connectivity index (χ4n) is 2.71. The molecule has 8 heteroatoms. The molecule has 6 nitrogen and oxygen atoms in total. The molecule has 3 heterocycles. The number of thiophene rings is 1. The molecule has 4 rings (SSSR count). The molecule has 4 aromatic rings. The number of furan rings is 1. The standard InChI is InChI=1S/C20H16N2O4S2/c1-22-18(23)17-14(10-16(28-17)12-6-4-3-5-7-12)21-20(22)27-11-13-8-9-15(26-13)19(24)25-2/h3-10H,11H2,1-2H3. The molecule has 28 heavy (non-hydrogen) atoms. The first kappa shape index (κ1) is 18.5. The van der Waals surface area contributed by atoms with Gasteiger partial charge in [0.05, 0.1) is 18.4 Å². The number of aromatic nitrogens is 2. The lowest BCUT2D eigenvalue weighted by Gasteiger charge is -2.05. The van der Waals surface area contributed by atoms with E-state index in [0.29, 0.717) is 26.9 Å². The molecule has 0 atom stereocenters. The molecule has 0 saturated heterocycles. The van der Waals surface area contributed by atoms with Crippen molar-refractivity contribution in [2.24, 2.45) is 7.05 Å². The molecule has 0 amide bonds. The number of benzene rings is 1. The second kappa shape index (κ2) is 7.65. The molecule has 0 fully saturated rings. The summed E-state index contributed by atoms with van der Waals surface area (Å²) >= 11 is 2.83. The Morgan fingerprint density at radius 3 is 2.79 bits per heavy atom. The number of rotatable bonds is 5. The molecule has 0 unspecified atom stereocenters. The van der Waals surface area contributed by atoms with Crippen LogP contribution in [0.15, 0.2) is 62.9 Å². The molecule has 0 spiro atoms. The molecule has 3 aromatic heterocycles. The second-order valence-electron chi connectivity index (χ2n) is 6.00. The second-order valence-corrected chi connectivity index (χ2v) is 7.99. The maximum atomic E-state index is 12.8. The minimum atomic E-state index is -0.519. The minimum Gasteiger partial charge on any atom is -0.463 e. The van der Waals surface area contributed by atoms with Gasteiger partial charge in [0.25, 0.3) is 5.56 Å². The Morgan fingerprint density at radius 1 is 1.25 bits per heavy atom. The average Bonchev–Trinajstić information content (AvgIpc) is 3.37. The molecule has 0 aliphatic heterocycles. The van der Waals surface area contributed by atoms with Crippen LogP contribution >= 0.6 is 23.1 Å². The van der Waals surface area contributed by atoms with Gasteiger partial charge >= 0.3 is 5.97 Å². The summed E-state index contributed by atoms with van der Waals surface area (Å²) in [4.78, 5) is 29.9. The van der Waals surface area contributed by atoms with E-state index in [9.17, 15) is 9.59 Å². The molecule has 142 valence electrons. The summed E-state index contributed by atoms with van der Waals surface area (Å²) in [5.74, 6) is 0.684. The van der Waals surface area contributed by atoms with Crippen molar-refractivity contribution in [3.8, 4) is 10.4 Å². The van der Waals surface area contributed by atoms with Crippen molar-refractivity contribution in [1.82, 2.24) is 9.55 Å². The number of fused-ring (bicyclic) bond motifs is 1. The molecular formula is C20H16N2O4S2. The Labute approximate surface area is 168 Å². The van der Waals surface area contributed by atoms with Crippen LogP contribution in [0.3, 0.4) is 0 Å². The fourth-order valence-corrected chi connectivity index (χ4v) is 4.65. The van der Waals surface area contributed by atoms with E-state index in [4.69, 9.17) is 4.42 Å². The maximum absolute atomic E-state index is 12.8. The number of carbonyl (C=O) groups is 1. The number of hydrogen-bond acceptors (Lipinski definition) is 7. The van der Waals surface area contributed by atoms with Gasteiger partial charge in [-0.3, -0.25) is 9.36 Å². The maximum Gasteiger partial charge on any atom is 0.373 e. The first-order chi connectivity index (χ1) is 13.6. The van der Waals surface area contributed by atoms with E-state index in [1.165, 1.54) is 30.2 Å². The van der Waals surface area contributed by atoms with E-state index < -0.39 is 5.97 Å². The Balaban J connectivity index is 1.62. The highest BCUT2D eigenvalue weighted by atomic mass is 32.2. The molecule has 0 saturated carbocycles. The van der Waals surface area contributed by atoms with Gasteiger partial charge in [-0.15, -0.1) is 11.3 Å². The van der Waals surface area contributed by atoms with Crippen LogP contribution in [0.2, 0.25) is 0 Å². The third kappa shape index (κ3) is 3.48. The summed E-state index contributed by atoms with van der Waals surface area (Å²) in [5.41, 5.74) is 1.67. The van der Waals surface area contributed by atoms with Crippen LogP contribution in [0.25, 0.3) is 20.7 Å². The van der Waals surface area contributed by atoms with Crippen molar-refractivity contribution in [1.29, 1.82) is 0 Å². The zero-order chi connectivity index (χ0) is 19.7. The largest absolute Gasteiger partial charge is 0.463 e. The SMILES string of the molecule is COC(=O)c1ccc(CSc2nc3cc(-c4ccccc4)sc3c(=O)n2C)o1. The van der Waals surface area contributed by atoms with Gasteiger partial charge in [-0.2, -0.15) is 0 Å². The third-order valence-electron chi connectivity index (χ3n) is 4.16. The average molecular weight is 412 g/mol. The van der Waals surface area contributed by atoms with Crippen molar-refractivity contribution >= 4 is 39.3 Å². The van der Waals surface area contributed by atoms with Crippen LogP contribution < -0.4 is 5.56 Å². The zero-order valence-electron chi connectivity index (χ0n) is 15.2. The minimum absolute atomic E-state index is 0.0747. The van der Waals surface area contributed by atoms with E-state index in [0.717, 1.165) is 10.4 Å². The number of nitrogens with zero attached hydrogens (tertiary/aromatic N) is 2. The summed E-state index contributed by atoms with van der Waals surface area (Å²) < 4.78 is 12.3. The summed E-state index contributed by atoms with van der Waals surface area (Å²) in [6, 6.07) is 15.2. The monoisotopic (exact) mass is 412 g/mol. The number of methoxy groups -OCH3 is 1. The predicted molar refractivity (Wildman–Crippen MR) is 110 cm³/mol. The van der Waals surface area contributed by atoms with Crippen molar-refractivity contribution in [2.45, 2.75) is 10.9 Å². The summed E-state index contributed by atoms with van der Waals surface area (Å²) in [6.45, 7) is 0. The number of carbonyl (C=O) groups excluding carboxylic acids is 1. The van der Waals surface area contributed by atoms with E-state index in [-0.39, 0.29) is 11.3 Å². The molecule has 1 aromatic carbocycles. The van der Waals surface area contributed by atoms with Crippen LogP contribution in [0.1, 0.15) is 16.3 Å². The highest BCUT2D eigenvalue weighted by molar-refractivity contribution is 7.98. The van der Waals surface area contributed by atoms with Crippen molar-refractivity contribution in [3.05, 3.63) is 70.4 Å². The quantitative estimate of drug-likeness (QED) is 0.276. The van der Waals surface area contributed by atoms with Crippen LogP contribution in [0.5, 0.6) is 0 Å². The highest BCUT2D eigenvalue weighted by Crippen LogP contribution is 2.32. The van der Waals surface area contributed by atoms with Crippen LogP contribution in [-0.4, -0.2) is 22.6 Å². The van der Waals surface area contributed by atoms with Gasteiger partial charge in [-0.25, -0.2) is 9.78 Å². The Bertz CT molecular complexity index is 1210. The Morgan fingerprint density at radius 2 is 2.04 bits per heavy atom. The lowest BCUT2D eigenvalue weighted by Crippen LogP contribution is -2.18. The van der Waals surface area contributed by atoms with Gasteiger partial charge in [0.1, 0.15) is 10.5 Å². The van der Waals surface area contributed by atoms with E-state index >= 15 is 0 Å². The fraction of sp³-hybridized carbons (Fsp3) is 0.150. The van der Waals surface area contributed by atoms with Crippen LogP contribution in [0, 0.1) is 0 Å². The highest BCUT2D eigenvalue weighted by Gasteiger charge is 2.15. The van der Waals surface area contributed by atoms with Gasteiger partial charge in [-0.05, 0) is 23.8 Å². The van der Waals surface area contributed by atoms with Gasteiger partial charge in [0.2, 0.25) is 5.76 Å². The first-order valence-corrected chi connectivity index (χ1v) is 10.2. The number of ether oxygens (including phenoxy) is 1. The molecule has 0 aliphatic rings. The molecular weight excluding hydrogens is 396 g/mol. The zero-order valence-corrected chi connectivity index (χ0v) is 16.8. The Hall–Kier alpha value is -2.84. The smallest absolute Gasteiger partial charge is 0.373 e. The van der Waals surface area contributed by atoms with Gasteiger partial charge in [0, 0.05) is 11.9 Å². The lowest BCUT2D eigenvalue weighted by molar-refractivity contribution is 0.0563. The van der Waals surface area contributed by atoms with Gasteiger partial charge < -0.3 is 9.15 Å². The molecule has 0 bridgehead atoms. The summed E-state index contributed by atoms with van der Waals surface area (Å²) in [6.07, 6.45) is 0. The van der Waals surface area contributed by atoms with Crippen molar-refractivity contribution in [3.63, 3.8) is 0 Å². The predicted octanol–water partition coefficient (Wildman–Crippen LogP) is 4.33. The van der Waals surface area contributed by atoms with E-state index in [2.05, 4.69) is 9.72 Å².